The van der Waals surface area contributed by atoms with E-state index in [1.54, 1.807) is 13.8 Å². The molecule has 0 aliphatic carbocycles. The first-order valence-corrected chi connectivity index (χ1v) is 12.1. The van der Waals surface area contributed by atoms with Crippen molar-refractivity contribution < 1.29 is 28.6 Å². The Hall–Kier alpha value is -3.44. The van der Waals surface area contributed by atoms with Crippen LogP contribution in [0.25, 0.3) is 0 Å². The molecular formula is C25H34FN5O5. The maximum atomic E-state index is 14.1. The Bertz CT molecular complexity index is 1110. The number of halogens is 1. The van der Waals surface area contributed by atoms with Crippen molar-refractivity contribution in [1.82, 2.24) is 20.5 Å². The van der Waals surface area contributed by atoms with E-state index >= 15 is 0 Å². The van der Waals surface area contributed by atoms with E-state index in [4.69, 9.17) is 9.84 Å². The van der Waals surface area contributed by atoms with Gasteiger partial charge in [-0.15, -0.1) is 0 Å². The molecule has 0 fully saturated rings. The van der Waals surface area contributed by atoms with Crippen LogP contribution in [0.1, 0.15) is 58.7 Å². The molecule has 196 valence electrons. The average Bonchev–Trinajstić information content (AvgIpc) is 3.33. The van der Waals surface area contributed by atoms with E-state index in [-0.39, 0.29) is 19.1 Å². The second-order valence-corrected chi connectivity index (χ2v) is 8.62. The minimum absolute atomic E-state index is 0.0451. The van der Waals surface area contributed by atoms with Gasteiger partial charge in [0.05, 0.1) is 17.9 Å². The number of H-pyrrole nitrogens is 1. The summed E-state index contributed by atoms with van der Waals surface area (Å²) < 4.78 is 19.7. The Kier molecular flexibility index (Phi) is 9.05. The number of carbonyl (C=O) groups excluding carboxylic acids is 3. The second kappa shape index (κ2) is 12.0. The van der Waals surface area contributed by atoms with Crippen LogP contribution >= 0.6 is 0 Å². The van der Waals surface area contributed by atoms with Crippen molar-refractivity contribution in [2.24, 2.45) is 0 Å². The fourth-order valence-electron chi connectivity index (χ4n) is 4.52. The first-order valence-electron chi connectivity index (χ1n) is 12.1. The van der Waals surface area contributed by atoms with E-state index in [9.17, 15) is 18.8 Å². The zero-order valence-corrected chi connectivity index (χ0v) is 21.0. The van der Waals surface area contributed by atoms with E-state index in [0.29, 0.717) is 46.9 Å². The molecule has 2 atom stereocenters. The molecule has 0 radical (unpaired) electrons. The number of hydrogen-bond donors (Lipinski definition) is 5. The molecule has 1 aliphatic rings. The molecule has 5 N–H and O–H groups in total. The summed E-state index contributed by atoms with van der Waals surface area (Å²) in [7, 11) is 0. The van der Waals surface area contributed by atoms with Gasteiger partial charge in [0.15, 0.2) is 6.10 Å². The van der Waals surface area contributed by atoms with Gasteiger partial charge in [-0.2, -0.15) is 0 Å². The predicted octanol–water partition coefficient (Wildman–Crippen LogP) is 2.34. The summed E-state index contributed by atoms with van der Waals surface area (Å²) >= 11 is 0. The van der Waals surface area contributed by atoms with Crippen LogP contribution in [0.2, 0.25) is 0 Å². The SMILES string of the molecule is CCN(CC)CCNC(=O)c1c(C)[nH]c(C(OC(=O)NCCO)C2C(=O)Nc3ccc(F)cc32)c1C. The lowest BCUT2D eigenvalue weighted by atomic mass is 9.90. The van der Waals surface area contributed by atoms with Gasteiger partial charge in [0.25, 0.3) is 5.91 Å². The van der Waals surface area contributed by atoms with E-state index < -0.39 is 29.8 Å². The van der Waals surface area contributed by atoms with Crippen LogP contribution in [0, 0.1) is 19.7 Å². The number of alkyl carbamates (subject to hydrolysis) is 1. The maximum absolute atomic E-state index is 14.1. The van der Waals surface area contributed by atoms with Gasteiger partial charge < -0.3 is 35.7 Å². The molecule has 1 aromatic heterocycles. The van der Waals surface area contributed by atoms with Gasteiger partial charge in [-0.1, -0.05) is 13.8 Å². The topological polar surface area (TPSA) is 136 Å². The normalized spacial score (nSPS) is 15.4. The molecule has 2 unspecified atom stereocenters. The van der Waals surface area contributed by atoms with Crippen LogP contribution < -0.4 is 16.0 Å². The van der Waals surface area contributed by atoms with Crippen LogP contribution in [0.3, 0.4) is 0 Å². The zero-order chi connectivity index (χ0) is 26.4. The van der Waals surface area contributed by atoms with Gasteiger partial charge in [0.2, 0.25) is 5.91 Å². The van der Waals surface area contributed by atoms with Gasteiger partial charge in [-0.05, 0) is 56.3 Å². The Morgan fingerprint density at radius 2 is 1.92 bits per heavy atom. The lowest BCUT2D eigenvalue weighted by molar-refractivity contribution is -0.119. The number of ether oxygens (including phenoxy) is 1. The Labute approximate surface area is 209 Å². The number of carbonyl (C=O) groups is 3. The summed E-state index contributed by atoms with van der Waals surface area (Å²) in [5.41, 5.74) is 2.59. The number of nitrogens with zero attached hydrogens (tertiary/aromatic N) is 1. The number of aromatic nitrogens is 1. The van der Waals surface area contributed by atoms with Gasteiger partial charge in [-0.3, -0.25) is 9.59 Å². The fourth-order valence-corrected chi connectivity index (χ4v) is 4.52. The minimum atomic E-state index is -1.18. The molecule has 2 heterocycles. The highest BCUT2D eigenvalue weighted by Crippen LogP contribution is 2.44. The molecule has 0 saturated heterocycles. The van der Waals surface area contributed by atoms with Gasteiger partial charge in [0.1, 0.15) is 11.7 Å². The Morgan fingerprint density at radius 3 is 2.58 bits per heavy atom. The number of amides is 3. The van der Waals surface area contributed by atoms with E-state index in [1.165, 1.54) is 18.2 Å². The van der Waals surface area contributed by atoms with E-state index in [0.717, 1.165) is 13.1 Å². The molecule has 36 heavy (non-hydrogen) atoms. The van der Waals surface area contributed by atoms with Crippen molar-refractivity contribution in [2.45, 2.75) is 39.7 Å². The molecule has 1 aromatic carbocycles. The minimum Gasteiger partial charge on any atom is -0.439 e. The number of rotatable bonds is 11. The molecular weight excluding hydrogens is 469 g/mol. The van der Waals surface area contributed by atoms with Gasteiger partial charge in [0, 0.05) is 31.0 Å². The molecule has 10 nitrogen and oxygen atoms in total. The number of benzene rings is 1. The number of aliphatic hydroxyl groups is 1. The van der Waals surface area contributed by atoms with Gasteiger partial charge in [-0.25, -0.2) is 9.18 Å². The van der Waals surface area contributed by atoms with E-state index in [1.807, 2.05) is 0 Å². The number of hydrogen-bond acceptors (Lipinski definition) is 6. The van der Waals surface area contributed by atoms with Crippen LogP contribution in [-0.2, 0) is 9.53 Å². The highest BCUT2D eigenvalue weighted by atomic mass is 19.1. The van der Waals surface area contributed by atoms with Crippen LogP contribution in [0.15, 0.2) is 18.2 Å². The largest absolute Gasteiger partial charge is 0.439 e. The molecule has 2 aromatic rings. The van der Waals surface area contributed by atoms with Crippen LogP contribution in [0.4, 0.5) is 14.9 Å². The summed E-state index contributed by atoms with van der Waals surface area (Å²) in [6, 6.07) is 3.91. The van der Waals surface area contributed by atoms with Crippen molar-refractivity contribution in [1.29, 1.82) is 0 Å². The number of likely N-dealkylation sites (N-methyl/N-ethyl adjacent to an activating group) is 1. The van der Waals surface area contributed by atoms with Crippen LogP contribution in [-0.4, -0.2) is 72.2 Å². The number of nitrogens with one attached hydrogen (secondary N) is 4. The van der Waals surface area contributed by atoms with Crippen LogP contribution in [0.5, 0.6) is 0 Å². The number of aryl methyl sites for hydroxylation is 1. The third-order valence-electron chi connectivity index (χ3n) is 6.40. The molecule has 0 bridgehead atoms. The summed E-state index contributed by atoms with van der Waals surface area (Å²) in [5, 5.41) is 17.1. The lowest BCUT2D eigenvalue weighted by Gasteiger charge is -2.23. The quantitative estimate of drug-likeness (QED) is 0.319. The standard InChI is InChI=1S/C25H34FN5O5/c1-5-31(6-2)11-9-27-23(33)19-14(3)21(29-15(19)4)22(36-25(35)28-10-12-32)20-17-13-16(26)7-8-18(17)30-24(20)34/h7-8,13,20,22,29,32H,5-6,9-12H2,1-4H3,(H,27,33)(H,28,35)(H,30,34). The van der Waals surface area contributed by atoms with Crippen molar-refractivity contribution in [3.63, 3.8) is 0 Å². The summed E-state index contributed by atoms with van der Waals surface area (Å²) in [5.74, 6) is -2.34. The third-order valence-corrected chi connectivity index (χ3v) is 6.40. The smallest absolute Gasteiger partial charge is 0.407 e. The van der Waals surface area contributed by atoms with Crippen molar-refractivity contribution >= 4 is 23.6 Å². The monoisotopic (exact) mass is 503 g/mol. The predicted molar refractivity (Wildman–Crippen MR) is 132 cm³/mol. The molecule has 3 amide bonds. The number of aliphatic hydroxyl groups excluding tert-OH is 1. The first kappa shape index (κ1) is 27.2. The number of anilines is 1. The molecule has 3 rings (SSSR count). The molecule has 0 spiro atoms. The molecule has 11 heteroatoms. The number of fused-ring (bicyclic) bond motifs is 1. The van der Waals surface area contributed by atoms with Crippen molar-refractivity contribution in [3.05, 3.63) is 52.1 Å². The van der Waals surface area contributed by atoms with E-state index in [2.05, 4.69) is 39.7 Å². The summed E-state index contributed by atoms with van der Waals surface area (Å²) in [6.45, 7) is 10.1. The summed E-state index contributed by atoms with van der Waals surface area (Å²) in [6.07, 6.45) is -2.04. The molecule has 1 aliphatic heterocycles. The lowest BCUT2D eigenvalue weighted by Crippen LogP contribution is -2.35. The highest BCUT2D eigenvalue weighted by Gasteiger charge is 2.42. The zero-order valence-electron chi connectivity index (χ0n) is 21.0. The first-order chi connectivity index (χ1) is 17.2. The highest BCUT2D eigenvalue weighted by molar-refractivity contribution is 6.04. The third kappa shape index (κ3) is 5.85. The number of aromatic amines is 1. The summed E-state index contributed by atoms with van der Waals surface area (Å²) in [4.78, 5) is 43.8. The van der Waals surface area contributed by atoms with Gasteiger partial charge >= 0.3 is 6.09 Å². The van der Waals surface area contributed by atoms with Crippen molar-refractivity contribution in [3.8, 4) is 0 Å². The maximum Gasteiger partial charge on any atom is 0.407 e. The molecule has 0 saturated carbocycles. The van der Waals surface area contributed by atoms with Crippen molar-refractivity contribution in [2.75, 3.05) is 44.6 Å². The second-order valence-electron chi connectivity index (χ2n) is 8.62. The Balaban J connectivity index is 1.95. The Morgan fingerprint density at radius 1 is 1.19 bits per heavy atom. The fraction of sp³-hybridized carbons (Fsp3) is 0.480. The average molecular weight is 504 g/mol.